The number of alkyl halides is 1. The lowest BCUT2D eigenvalue weighted by atomic mass is 10.0. The Balaban J connectivity index is 0.000000181. The lowest BCUT2D eigenvalue weighted by Gasteiger charge is -2.11. The van der Waals surface area contributed by atoms with Gasteiger partial charge in [-0.25, -0.2) is 0 Å². The lowest BCUT2D eigenvalue weighted by Crippen LogP contribution is -1.99. The van der Waals surface area contributed by atoms with Crippen molar-refractivity contribution in [3.8, 4) is 0 Å². The van der Waals surface area contributed by atoms with Gasteiger partial charge in [0, 0.05) is 20.1 Å². The molecule has 4 rings (SSSR count). The summed E-state index contributed by atoms with van der Waals surface area (Å²) < 4.78 is 0. The van der Waals surface area contributed by atoms with E-state index in [1.165, 1.54) is 0 Å². The highest BCUT2D eigenvalue weighted by Gasteiger charge is 2.11. The average Bonchev–Trinajstić information content (AvgIpc) is 2.78. The van der Waals surface area contributed by atoms with E-state index in [-0.39, 0.29) is 4.83 Å². The molecule has 0 radical (unpaired) electrons. The van der Waals surface area contributed by atoms with Gasteiger partial charge in [0.05, 0.1) is 4.83 Å². The third-order valence-corrected chi connectivity index (χ3v) is 6.61. The molecule has 0 aliphatic carbocycles. The van der Waals surface area contributed by atoms with Gasteiger partial charge in [0.2, 0.25) is 0 Å². The molecule has 0 atom stereocenters. The van der Waals surface area contributed by atoms with Crippen LogP contribution in [0.15, 0.2) is 97.1 Å². The van der Waals surface area contributed by atoms with Gasteiger partial charge >= 0.3 is 0 Å². The van der Waals surface area contributed by atoms with Crippen molar-refractivity contribution in [3.05, 3.63) is 139 Å². The van der Waals surface area contributed by atoms with Crippen LogP contribution in [0.4, 0.5) is 0 Å². The smallest absolute Gasteiger partial charge is 0.104 e. The first-order valence-corrected chi connectivity index (χ1v) is 12.1. The molecule has 1 N–H and O–H groups in total. The number of aliphatic hydroxyl groups is 1. The third-order valence-electron chi connectivity index (χ3n) is 4.61. The fourth-order valence-electron chi connectivity index (χ4n) is 3.07. The molecular formula is C26H19BrCl4O. The number of hydrogen-bond donors (Lipinski definition) is 1. The second kappa shape index (κ2) is 12.1. The van der Waals surface area contributed by atoms with Crippen molar-refractivity contribution in [1.82, 2.24) is 0 Å². The van der Waals surface area contributed by atoms with Gasteiger partial charge < -0.3 is 5.11 Å². The minimum absolute atomic E-state index is 0.116. The molecule has 4 aromatic rings. The van der Waals surface area contributed by atoms with Crippen molar-refractivity contribution in [2.24, 2.45) is 0 Å². The molecule has 6 heteroatoms. The summed E-state index contributed by atoms with van der Waals surface area (Å²) in [7, 11) is 0. The van der Waals surface area contributed by atoms with Crippen LogP contribution in [0.1, 0.15) is 33.2 Å². The molecule has 0 saturated carbocycles. The molecule has 0 unspecified atom stereocenters. The zero-order chi connectivity index (χ0) is 23.1. The molecule has 164 valence electrons. The standard InChI is InChI=1S/C13H9BrCl2.C13H10Cl2O/c14-13(9-3-1-5-11(15)7-9)10-4-2-6-12(16)8-10;14-11-5-1-3-9(7-11)13(16)10-4-2-6-12(15)8-10/h1-8,13H;1-8,13,16H. The number of benzene rings is 4. The summed E-state index contributed by atoms with van der Waals surface area (Å²) in [5.74, 6) is 0. The van der Waals surface area contributed by atoms with Gasteiger partial charge in [0.25, 0.3) is 0 Å². The van der Waals surface area contributed by atoms with Crippen molar-refractivity contribution >= 4 is 62.3 Å². The Morgan fingerprint density at radius 3 is 1.09 bits per heavy atom. The Labute approximate surface area is 216 Å². The van der Waals surface area contributed by atoms with Crippen molar-refractivity contribution in [2.75, 3.05) is 0 Å². The van der Waals surface area contributed by atoms with E-state index >= 15 is 0 Å². The Hall–Kier alpha value is -1.52. The van der Waals surface area contributed by atoms with Crippen LogP contribution >= 0.6 is 62.3 Å². The predicted octanol–water partition coefficient (Wildman–Crippen LogP) is 9.55. The maximum absolute atomic E-state index is 10.1. The summed E-state index contributed by atoms with van der Waals surface area (Å²) >= 11 is 27.3. The van der Waals surface area contributed by atoms with Crippen LogP contribution < -0.4 is 0 Å². The SMILES string of the molecule is Clc1cccc(C(Br)c2cccc(Cl)c2)c1.OC(c1cccc(Cl)c1)c1cccc(Cl)c1. The molecule has 0 amide bonds. The molecule has 0 fully saturated rings. The normalized spacial score (nSPS) is 10.8. The van der Waals surface area contributed by atoms with Gasteiger partial charge in [0.1, 0.15) is 6.10 Å². The number of rotatable bonds is 4. The third kappa shape index (κ3) is 7.25. The van der Waals surface area contributed by atoms with Gasteiger partial charge in [-0.3, -0.25) is 0 Å². The first-order valence-electron chi connectivity index (χ1n) is 9.67. The number of aliphatic hydroxyl groups excluding tert-OH is 1. The Kier molecular flexibility index (Phi) is 9.48. The molecule has 0 aromatic heterocycles. The number of hydrogen-bond acceptors (Lipinski definition) is 1. The van der Waals surface area contributed by atoms with Gasteiger partial charge in [-0.15, -0.1) is 0 Å². The summed E-state index contributed by atoms with van der Waals surface area (Å²) in [5, 5.41) is 12.8. The minimum Gasteiger partial charge on any atom is -0.384 e. The average molecular weight is 569 g/mol. The molecule has 0 saturated heterocycles. The van der Waals surface area contributed by atoms with Gasteiger partial charge in [-0.1, -0.05) is 111 Å². The zero-order valence-electron chi connectivity index (χ0n) is 16.7. The quantitative estimate of drug-likeness (QED) is 0.243. The number of halogens is 5. The van der Waals surface area contributed by atoms with E-state index in [0.717, 1.165) is 32.3 Å². The van der Waals surface area contributed by atoms with Crippen LogP contribution in [-0.2, 0) is 0 Å². The molecule has 0 spiro atoms. The van der Waals surface area contributed by atoms with Gasteiger partial charge in [-0.05, 0) is 70.8 Å². The van der Waals surface area contributed by atoms with E-state index in [2.05, 4.69) is 15.9 Å². The highest BCUT2D eigenvalue weighted by Crippen LogP contribution is 2.33. The van der Waals surface area contributed by atoms with Crippen LogP contribution in [-0.4, -0.2) is 5.11 Å². The highest BCUT2D eigenvalue weighted by atomic mass is 79.9. The maximum atomic E-state index is 10.1. The fraction of sp³-hybridized carbons (Fsp3) is 0.0769. The van der Waals surface area contributed by atoms with Crippen molar-refractivity contribution in [1.29, 1.82) is 0 Å². The summed E-state index contributed by atoms with van der Waals surface area (Å²) in [6.45, 7) is 0. The van der Waals surface area contributed by atoms with E-state index in [9.17, 15) is 5.11 Å². The van der Waals surface area contributed by atoms with Crippen LogP contribution in [0.2, 0.25) is 20.1 Å². The minimum atomic E-state index is -0.697. The molecule has 0 aliphatic heterocycles. The van der Waals surface area contributed by atoms with E-state index in [0.29, 0.717) is 10.0 Å². The second-order valence-electron chi connectivity index (χ2n) is 6.99. The fourth-order valence-corrected chi connectivity index (χ4v) is 4.43. The van der Waals surface area contributed by atoms with Crippen molar-refractivity contribution < 1.29 is 5.11 Å². The summed E-state index contributed by atoms with van der Waals surface area (Å²) in [4.78, 5) is 0.116. The van der Waals surface area contributed by atoms with Gasteiger partial charge in [0.15, 0.2) is 0 Å². The van der Waals surface area contributed by atoms with Crippen LogP contribution in [0.25, 0.3) is 0 Å². The first kappa shape index (κ1) is 25.1. The summed E-state index contributed by atoms with van der Waals surface area (Å²) in [6.07, 6.45) is -0.697. The van der Waals surface area contributed by atoms with E-state index in [4.69, 9.17) is 46.4 Å². The van der Waals surface area contributed by atoms with E-state index in [1.54, 1.807) is 24.3 Å². The Bertz CT molecular complexity index is 998. The maximum Gasteiger partial charge on any atom is 0.104 e. The summed E-state index contributed by atoms with van der Waals surface area (Å²) in [5.41, 5.74) is 3.76. The molecule has 32 heavy (non-hydrogen) atoms. The van der Waals surface area contributed by atoms with Crippen molar-refractivity contribution in [3.63, 3.8) is 0 Å². The van der Waals surface area contributed by atoms with Crippen LogP contribution in [0.3, 0.4) is 0 Å². The van der Waals surface area contributed by atoms with Crippen LogP contribution in [0, 0.1) is 0 Å². The Morgan fingerprint density at radius 2 is 0.781 bits per heavy atom. The molecular weight excluding hydrogens is 550 g/mol. The second-order valence-corrected chi connectivity index (χ2v) is 9.65. The molecule has 0 heterocycles. The molecule has 4 aromatic carbocycles. The first-order chi connectivity index (χ1) is 15.3. The largest absolute Gasteiger partial charge is 0.384 e. The highest BCUT2D eigenvalue weighted by molar-refractivity contribution is 9.09. The molecule has 1 nitrogen and oxygen atoms in total. The van der Waals surface area contributed by atoms with Crippen molar-refractivity contribution in [2.45, 2.75) is 10.9 Å². The topological polar surface area (TPSA) is 20.2 Å². The van der Waals surface area contributed by atoms with Gasteiger partial charge in [-0.2, -0.15) is 0 Å². The van der Waals surface area contributed by atoms with E-state index in [1.807, 2.05) is 72.8 Å². The molecule has 0 aliphatic rings. The Morgan fingerprint density at radius 1 is 0.500 bits per heavy atom. The van der Waals surface area contributed by atoms with Crippen LogP contribution in [0.5, 0.6) is 0 Å². The van der Waals surface area contributed by atoms with E-state index < -0.39 is 6.10 Å². The monoisotopic (exact) mass is 566 g/mol. The molecule has 0 bridgehead atoms. The lowest BCUT2D eigenvalue weighted by molar-refractivity contribution is 0.220. The zero-order valence-corrected chi connectivity index (χ0v) is 21.3. The summed E-state index contributed by atoms with van der Waals surface area (Å²) in [6, 6.07) is 29.9. The predicted molar refractivity (Wildman–Crippen MR) is 141 cm³/mol.